The van der Waals surface area contributed by atoms with Crippen molar-refractivity contribution in [1.29, 1.82) is 0 Å². The number of carbonyl (C=O) groups is 2. The van der Waals surface area contributed by atoms with Crippen LogP contribution in [0.25, 0.3) is 16.5 Å². The molecule has 11 heteroatoms. The van der Waals surface area contributed by atoms with Gasteiger partial charge in [0, 0.05) is 16.2 Å². The molecule has 0 saturated carbocycles. The van der Waals surface area contributed by atoms with Crippen LogP contribution in [0, 0.1) is 24.2 Å². The number of hydrogen-bond donors (Lipinski definition) is 3. The lowest BCUT2D eigenvalue weighted by molar-refractivity contribution is -0.154. The zero-order valence-corrected chi connectivity index (χ0v) is 23.3. The number of rotatable bonds is 3. The van der Waals surface area contributed by atoms with Crippen LogP contribution in [-0.2, 0) is 14.3 Å². The Bertz CT molecular complexity index is 1020. The average Bonchev–Trinajstić information content (AvgIpc) is 3.24. The molecule has 1 aromatic rings. The highest BCUT2D eigenvalue weighted by molar-refractivity contribution is 7.09. The number of ketones is 1. The molecule has 206 valence electrons. The van der Waals surface area contributed by atoms with E-state index in [0.29, 0.717) is 30.5 Å². The normalized spacial score (nSPS) is 32.9. The number of aryl methyl sites for hydroxylation is 1. The minimum atomic E-state index is -1.34. The van der Waals surface area contributed by atoms with E-state index in [1.165, 1.54) is 11.3 Å². The number of cyclic esters (lactones) is 1. The molecule has 10 nitrogen and oxygen atoms in total. The van der Waals surface area contributed by atoms with Crippen molar-refractivity contribution in [2.45, 2.75) is 104 Å². The largest absolute Gasteiger partial charge is 0.458 e. The van der Waals surface area contributed by atoms with Gasteiger partial charge in [0.25, 0.3) is 0 Å². The smallest absolute Gasteiger partial charge is 0.309 e. The standard InChI is InChI=1S/C26H40N4O6S/c1-14-8-7-9-20(31)19(29-30-27)11-21(15(2)10-18-13-37-17(4)28-18)36-23(33)12-22(32)26(5,6)25(35)16(3)24(14)34/h10,13-14,16,19-22,24,31-32,34H,7-9,11-12H2,1-6H3. The van der Waals surface area contributed by atoms with Gasteiger partial charge in [-0.05, 0) is 56.2 Å². The minimum Gasteiger partial charge on any atom is -0.458 e. The molecule has 2 heterocycles. The molecule has 0 spiro atoms. The van der Waals surface area contributed by atoms with Crippen molar-refractivity contribution in [3.63, 3.8) is 0 Å². The summed E-state index contributed by atoms with van der Waals surface area (Å²) in [6, 6.07) is -0.863. The molecule has 3 N–H and O–H groups in total. The zero-order chi connectivity index (χ0) is 27.9. The van der Waals surface area contributed by atoms with Crippen molar-refractivity contribution in [2.24, 2.45) is 22.4 Å². The molecule has 2 rings (SSSR count). The van der Waals surface area contributed by atoms with Gasteiger partial charge in [-0.15, -0.1) is 11.3 Å². The van der Waals surface area contributed by atoms with Crippen LogP contribution in [0.5, 0.6) is 0 Å². The number of nitrogens with zero attached hydrogens (tertiary/aromatic N) is 4. The summed E-state index contributed by atoms with van der Waals surface area (Å²) >= 11 is 1.48. The van der Waals surface area contributed by atoms with Gasteiger partial charge in [0.2, 0.25) is 0 Å². The van der Waals surface area contributed by atoms with Crippen LogP contribution in [0.4, 0.5) is 0 Å². The first kappa shape index (κ1) is 30.9. The van der Waals surface area contributed by atoms with Crippen molar-refractivity contribution in [3.8, 4) is 0 Å². The Kier molecular flexibility index (Phi) is 11.3. The molecule has 7 unspecified atom stereocenters. The second kappa shape index (κ2) is 13.5. The Hall–Kier alpha value is -2.30. The molecule has 0 bridgehead atoms. The second-order valence-electron chi connectivity index (χ2n) is 10.7. The molecule has 1 aliphatic rings. The van der Waals surface area contributed by atoms with E-state index in [1.54, 1.807) is 33.8 Å². The van der Waals surface area contributed by atoms with Gasteiger partial charge in [-0.3, -0.25) is 9.59 Å². The molecule has 1 fully saturated rings. The third-order valence-electron chi connectivity index (χ3n) is 7.39. The highest BCUT2D eigenvalue weighted by atomic mass is 32.1. The number of aromatic nitrogens is 1. The Morgan fingerprint density at radius 3 is 2.54 bits per heavy atom. The Morgan fingerprint density at radius 1 is 1.27 bits per heavy atom. The van der Waals surface area contributed by atoms with E-state index in [9.17, 15) is 24.9 Å². The van der Waals surface area contributed by atoms with E-state index in [0.717, 1.165) is 5.01 Å². The number of azide groups is 1. The van der Waals surface area contributed by atoms with E-state index in [1.807, 2.05) is 19.2 Å². The number of aliphatic hydroxyl groups is 3. The van der Waals surface area contributed by atoms with Crippen LogP contribution in [0.3, 0.4) is 0 Å². The number of carbonyl (C=O) groups excluding carboxylic acids is 2. The summed E-state index contributed by atoms with van der Waals surface area (Å²) < 4.78 is 5.73. The summed E-state index contributed by atoms with van der Waals surface area (Å²) in [5.41, 5.74) is 9.17. The first-order valence-electron chi connectivity index (χ1n) is 12.7. The third-order valence-corrected chi connectivity index (χ3v) is 8.18. The van der Waals surface area contributed by atoms with Gasteiger partial charge in [-0.1, -0.05) is 39.2 Å². The topological polar surface area (TPSA) is 166 Å². The molecule has 37 heavy (non-hydrogen) atoms. The molecule has 7 atom stereocenters. The number of aliphatic hydroxyl groups excluding tert-OH is 3. The fourth-order valence-electron chi connectivity index (χ4n) is 4.70. The highest BCUT2D eigenvalue weighted by Crippen LogP contribution is 2.33. The molecule has 0 radical (unpaired) electrons. The summed E-state index contributed by atoms with van der Waals surface area (Å²) in [6.07, 6.45) is -1.38. The molecule has 0 amide bonds. The van der Waals surface area contributed by atoms with Crippen LogP contribution in [0.1, 0.15) is 77.4 Å². The van der Waals surface area contributed by atoms with Crippen molar-refractivity contribution in [1.82, 2.24) is 4.98 Å². The fourth-order valence-corrected chi connectivity index (χ4v) is 5.27. The van der Waals surface area contributed by atoms with Gasteiger partial charge in [0.15, 0.2) is 0 Å². The fraction of sp³-hybridized carbons (Fsp3) is 0.731. The zero-order valence-electron chi connectivity index (χ0n) is 22.5. The van der Waals surface area contributed by atoms with Crippen LogP contribution < -0.4 is 0 Å². The van der Waals surface area contributed by atoms with Gasteiger partial charge in [0.1, 0.15) is 11.9 Å². The quantitative estimate of drug-likeness (QED) is 0.223. The number of hydrogen-bond acceptors (Lipinski definition) is 9. The first-order chi connectivity index (χ1) is 17.3. The molecular formula is C26H40N4O6S. The van der Waals surface area contributed by atoms with Crippen molar-refractivity contribution < 1.29 is 29.6 Å². The van der Waals surface area contributed by atoms with E-state index in [2.05, 4.69) is 15.0 Å². The van der Waals surface area contributed by atoms with Crippen LogP contribution in [-0.4, -0.2) is 62.5 Å². The van der Waals surface area contributed by atoms with Crippen molar-refractivity contribution in [3.05, 3.63) is 32.1 Å². The Labute approximate surface area is 222 Å². The van der Waals surface area contributed by atoms with E-state index < -0.39 is 54.2 Å². The molecule has 0 aliphatic carbocycles. The second-order valence-corrected chi connectivity index (χ2v) is 11.8. The lowest BCUT2D eigenvalue weighted by atomic mass is 9.73. The minimum absolute atomic E-state index is 0.0377. The number of thiazole rings is 1. The average molecular weight is 537 g/mol. The summed E-state index contributed by atoms with van der Waals surface area (Å²) in [4.78, 5) is 33.5. The maximum absolute atomic E-state index is 13.2. The van der Waals surface area contributed by atoms with Gasteiger partial charge in [-0.2, -0.15) is 0 Å². The summed E-state index contributed by atoms with van der Waals surface area (Å²) in [7, 11) is 0. The van der Waals surface area contributed by atoms with E-state index in [4.69, 9.17) is 10.3 Å². The Morgan fingerprint density at radius 2 is 1.95 bits per heavy atom. The van der Waals surface area contributed by atoms with Crippen LogP contribution in [0.2, 0.25) is 0 Å². The molecular weight excluding hydrogens is 496 g/mol. The van der Waals surface area contributed by atoms with Gasteiger partial charge >= 0.3 is 5.97 Å². The lowest BCUT2D eigenvalue weighted by Crippen LogP contribution is -2.46. The maximum Gasteiger partial charge on any atom is 0.309 e. The number of esters is 1. The van der Waals surface area contributed by atoms with Crippen molar-refractivity contribution >= 4 is 29.2 Å². The highest BCUT2D eigenvalue weighted by Gasteiger charge is 2.42. The van der Waals surface area contributed by atoms with Crippen molar-refractivity contribution in [2.75, 3.05) is 0 Å². The lowest BCUT2D eigenvalue weighted by Gasteiger charge is -2.35. The first-order valence-corrected chi connectivity index (χ1v) is 13.6. The van der Waals surface area contributed by atoms with Gasteiger partial charge in [0.05, 0.1) is 46.9 Å². The Balaban J connectivity index is 2.43. The summed E-state index contributed by atoms with van der Waals surface area (Å²) in [6.45, 7) is 10.2. The van der Waals surface area contributed by atoms with Crippen LogP contribution in [0.15, 0.2) is 16.1 Å². The van der Waals surface area contributed by atoms with Gasteiger partial charge in [-0.25, -0.2) is 4.98 Å². The maximum atomic E-state index is 13.2. The summed E-state index contributed by atoms with van der Waals surface area (Å²) in [5, 5.41) is 39.0. The predicted molar refractivity (Wildman–Crippen MR) is 142 cm³/mol. The van der Waals surface area contributed by atoms with E-state index >= 15 is 0 Å². The number of ether oxygens (including phenoxy) is 1. The number of Topliss-reactive ketones (excluding diaryl/α,β-unsaturated/α-hetero) is 1. The molecule has 1 aliphatic heterocycles. The SMILES string of the molecule is CC(=Cc1csc(C)n1)C1CC(N=[N+]=[N-])C(O)CCCC(C)C(O)C(C)C(=O)C(C)(C)C(O)CC(=O)O1. The molecule has 1 saturated heterocycles. The molecule has 0 aromatic carbocycles. The summed E-state index contributed by atoms with van der Waals surface area (Å²) in [5.74, 6) is -2.07. The third kappa shape index (κ3) is 8.35. The van der Waals surface area contributed by atoms with Crippen LogP contribution >= 0.6 is 11.3 Å². The predicted octanol–water partition coefficient (Wildman–Crippen LogP) is 4.36. The molecule has 1 aromatic heterocycles. The van der Waals surface area contributed by atoms with Gasteiger partial charge < -0.3 is 20.1 Å². The monoisotopic (exact) mass is 536 g/mol. The van der Waals surface area contributed by atoms with E-state index in [-0.39, 0.29) is 18.1 Å².